The van der Waals surface area contributed by atoms with Crippen LogP contribution in [-0.2, 0) is 11.2 Å². The highest BCUT2D eigenvalue weighted by atomic mass is 16.5. The van der Waals surface area contributed by atoms with Crippen LogP contribution in [0, 0.1) is 0 Å². The number of benzene rings is 1. The molecule has 1 aliphatic heterocycles. The van der Waals surface area contributed by atoms with Crippen LogP contribution in [0.5, 0.6) is 0 Å². The van der Waals surface area contributed by atoms with Crippen LogP contribution in [0.2, 0.25) is 0 Å². The number of hydrogen-bond acceptors (Lipinski definition) is 2. The molecule has 0 amide bonds. The van der Waals surface area contributed by atoms with Gasteiger partial charge in [0, 0.05) is 35.2 Å². The third kappa shape index (κ3) is 1.65. The zero-order valence-corrected chi connectivity index (χ0v) is 11.4. The smallest absolute Gasteiger partial charge is 0.100 e. The SMILES string of the molecule is CCCN1CCOC2c3c[nH]c4cccc(c34)CC21. The van der Waals surface area contributed by atoms with Gasteiger partial charge in [-0.3, -0.25) is 4.90 Å². The zero-order chi connectivity index (χ0) is 12.8. The van der Waals surface area contributed by atoms with E-state index in [9.17, 15) is 0 Å². The van der Waals surface area contributed by atoms with Gasteiger partial charge in [0.1, 0.15) is 6.10 Å². The summed E-state index contributed by atoms with van der Waals surface area (Å²) in [5, 5.41) is 1.40. The minimum Gasteiger partial charge on any atom is -0.370 e. The molecule has 19 heavy (non-hydrogen) atoms. The lowest BCUT2D eigenvalue weighted by molar-refractivity contribution is -0.0739. The minimum absolute atomic E-state index is 0.254. The van der Waals surface area contributed by atoms with E-state index in [0.717, 1.165) is 19.6 Å². The van der Waals surface area contributed by atoms with Gasteiger partial charge in [-0.1, -0.05) is 19.1 Å². The fourth-order valence-corrected chi connectivity index (χ4v) is 3.77. The first-order valence-corrected chi connectivity index (χ1v) is 7.33. The van der Waals surface area contributed by atoms with E-state index < -0.39 is 0 Å². The van der Waals surface area contributed by atoms with Crippen LogP contribution in [0.4, 0.5) is 0 Å². The first kappa shape index (κ1) is 11.5. The molecule has 2 atom stereocenters. The average Bonchev–Trinajstić information content (AvgIpc) is 2.87. The van der Waals surface area contributed by atoms with Crippen LogP contribution in [0.1, 0.15) is 30.6 Å². The number of aromatic amines is 1. The van der Waals surface area contributed by atoms with Crippen LogP contribution in [0.15, 0.2) is 24.4 Å². The predicted molar refractivity (Wildman–Crippen MR) is 76.3 cm³/mol. The maximum Gasteiger partial charge on any atom is 0.100 e. The number of morpholine rings is 1. The molecule has 4 rings (SSSR count). The van der Waals surface area contributed by atoms with Gasteiger partial charge in [0.05, 0.1) is 6.61 Å². The lowest BCUT2D eigenvalue weighted by Crippen LogP contribution is -2.49. The average molecular weight is 256 g/mol. The van der Waals surface area contributed by atoms with E-state index in [4.69, 9.17) is 4.74 Å². The summed E-state index contributed by atoms with van der Waals surface area (Å²) in [6.45, 7) is 5.37. The normalized spacial score (nSPS) is 26.6. The molecule has 3 nitrogen and oxygen atoms in total. The standard InChI is InChI=1S/C16H20N2O/c1-2-6-18-7-8-19-16-12-10-17-13-5-3-4-11(15(12)13)9-14(16)18/h3-5,10,14,16-17H,2,6-9H2,1H3. The Bertz CT molecular complexity index is 602. The maximum absolute atomic E-state index is 6.10. The molecule has 1 aromatic heterocycles. The van der Waals surface area contributed by atoms with Crippen LogP contribution >= 0.6 is 0 Å². The van der Waals surface area contributed by atoms with E-state index in [1.165, 1.54) is 35.0 Å². The van der Waals surface area contributed by atoms with Gasteiger partial charge in [-0.2, -0.15) is 0 Å². The van der Waals surface area contributed by atoms with Crippen molar-refractivity contribution in [3.8, 4) is 0 Å². The van der Waals surface area contributed by atoms with E-state index in [0.29, 0.717) is 6.04 Å². The highest BCUT2D eigenvalue weighted by molar-refractivity contribution is 5.88. The second-order valence-electron chi connectivity index (χ2n) is 5.68. The Morgan fingerprint density at radius 2 is 2.37 bits per heavy atom. The summed E-state index contributed by atoms with van der Waals surface area (Å²) in [5.74, 6) is 0. The van der Waals surface area contributed by atoms with Crippen molar-refractivity contribution in [1.82, 2.24) is 9.88 Å². The van der Waals surface area contributed by atoms with Gasteiger partial charge in [0.2, 0.25) is 0 Å². The number of nitrogens with zero attached hydrogens (tertiary/aromatic N) is 1. The van der Waals surface area contributed by atoms with Crippen molar-refractivity contribution in [1.29, 1.82) is 0 Å². The lowest BCUT2D eigenvalue weighted by atomic mass is 9.85. The van der Waals surface area contributed by atoms with Crippen molar-refractivity contribution in [2.75, 3.05) is 19.7 Å². The van der Waals surface area contributed by atoms with E-state index in [-0.39, 0.29) is 6.10 Å². The van der Waals surface area contributed by atoms with Crippen LogP contribution < -0.4 is 0 Å². The summed E-state index contributed by atoms with van der Waals surface area (Å²) in [6.07, 6.45) is 4.74. The maximum atomic E-state index is 6.10. The number of fused-ring (bicyclic) bond motifs is 2. The zero-order valence-electron chi connectivity index (χ0n) is 11.4. The van der Waals surface area contributed by atoms with E-state index in [1.807, 2.05) is 0 Å². The third-order valence-corrected chi connectivity index (χ3v) is 4.56. The van der Waals surface area contributed by atoms with Gasteiger partial charge in [0.25, 0.3) is 0 Å². The van der Waals surface area contributed by atoms with Crippen LogP contribution in [0.3, 0.4) is 0 Å². The van der Waals surface area contributed by atoms with Crippen LogP contribution in [-0.4, -0.2) is 35.6 Å². The number of aromatic nitrogens is 1. The summed E-state index contributed by atoms with van der Waals surface area (Å²) in [7, 11) is 0. The minimum atomic E-state index is 0.254. The van der Waals surface area contributed by atoms with Crippen LogP contribution in [0.25, 0.3) is 10.9 Å². The molecular formula is C16H20N2O. The first-order chi connectivity index (χ1) is 9.38. The number of H-pyrrole nitrogens is 1. The quantitative estimate of drug-likeness (QED) is 0.895. The second-order valence-corrected chi connectivity index (χ2v) is 5.68. The molecule has 2 aliphatic rings. The largest absolute Gasteiger partial charge is 0.370 e. The Hall–Kier alpha value is -1.32. The highest BCUT2D eigenvalue weighted by Crippen LogP contribution is 2.41. The molecule has 1 N–H and O–H groups in total. The molecule has 0 saturated carbocycles. The molecular weight excluding hydrogens is 236 g/mol. The molecule has 3 heteroatoms. The Labute approximate surface area is 113 Å². The van der Waals surface area contributed by atoms with Crippen molar-refractivity contribution in [2.24, 2.45) is 0 Å². The molecule has 2 aromatic rings. The Morgan fingerprint density at radius 3 is 3.26 bits per heavy atom. The number of nitrogens with one attached hydrogen (secondary N) is 1. The number of hydrogen-bond donors (Lipinski definition) is 1. The van der Waals surface area contributed by atoms with Crippen molar-refractivity contribution in [2.45, 2.75) is 31.9 Å². The van der Waals surface area contributed by atoms with Crippen molar-refractivity contribution < 1.29 is 4.74 Å². The van der Waals surface area contributed by atoms with Crippen molar-refractivity contribution in [3.05, 3.63) is 35.5 Å². The predicted octanol–water partition coefficient (Wildman–Crippen LogP) is 2.88. The van der Waals surface area contributed by atoms with Gasteiger partial charge in [-0.05, 0) is 31.0 Å². The molecule has 1 fully saturated rings. The highest BCUT2D eigenvalue weighted by Gasteiger charge is 2.38. The first-order valence-electron chi connectivity index (χ1n) is 7.33. The molecule has 2 heterocycles. The molecule has 0 radical (unpaired) electrons. The van der Waals surface area contributed by atoms with E-state index >= 15 is 0 Å². The Morgan fingerprint density at radius 1 is 1.42 bits per heavy atom. The Balaban J connectivity index is 1.81. The summed E-state index contributed by atoms with van der Waals surface area (Å²) in [6, 6.07) is 7.11. The van der Waals surface area contributed by atoms with E-state index in [1.54, 1.807) is 0 Å². The van der Waals surface area contributed by atoms with Gasteiger partial charge in [0.15, 0.2) is 0 Å². The molecule has 2 unspecified atom stereocenters. The molecule has 1 saturated heterocycles. The van der Waals surface area contributed by atoms with Gasteiger partial charge in [-0.25, -0.2) is 0 Å². The van der Waals surface area contributed by atoms with E-state index in [2.05, 4.69) is 41.2 Å². The fraction of sp³-hybridized carbons (Fsp3) is 0.500. The van der Waals surface area contributed by atoms with Gasteiger partial charge in [-0.15, -0.1) is 0 Å². The topological polar surface area (TPSA) is 28.3 Å². The lowest BCUT2D eigenvalue weighted by Gasteiger charge is -2.43. The summed E-state index contributed by atoms with van der Waals surface area (Å²) >= 11 is 0. The third-order valence-electron chi connectivity index (χ3n) is 4.56. The molecule has 1 aromatic carbocycles. The summed E-state index contributed by atoms with van der Waals surface area (Å²) < 4.78 is 6.10. The molecule has 100 valence electrons. The molecule has 1 aliphatic carbocycles. The van der Waals surface area contributed by atoms with Gasteiger partial charge < -0.3 is 9.72 Å². The molecule has 0 bridgehead atoms. The number of ether oxygens (including phenoxy) is 1. The van der Waals surface area contributed by atoms with Gasteiger partial charge >= 0.3 is 0 Å². The second kappa shape index (κ2) is 4.36. The summed E-state index contributed by atoms with van der Waals surface area (Å²) in [5.41, 5.74) is 4.09. The Kier molecular flexibility index (Phi) is 2.64. The number of rotatable bonds is 2. The van der Waals surface area contributed by atoms with Crippen molar-refractivity contribution >= 4 is 10.9 Å². The summed E-state index contributed by atoms with van der Waals surface area (Å²) in [4.78, 5) is 6.02. The van der Waals surface area contributed by atoms with Crippen molar-refractivity contribution in [3.63, 3.8) is 0 Å². The fourth-order valence-electron chi connectivity index (χ4n) is 3.77. The monoisotopic (exact) mass is 256 g/mol. The molecule has 0 spiro atoms.